The molecule has 0 spiro atoms. The third-order valence-electron chi connectivity index (χ3n) is 3.90. The molecule has 0 amide bonds. The summed E-state index contributed by atoms with van der Waals surface area (Å²) in [6, 6.07) is 4.56. The van der Waals surface area contributed by atoms with Gasteiger partial charge in [-0.25, -0.2) is 4.39 Å². The predicted octanol–water partition coefficient (Wildman–Crippen LogP) is 1.31. The Kier molecular flexibility index (Phi) is 3.43. The second kappa shape index (κ2) is 5.07. The minimum Gasteiger partial charge on any atom is -0.491 e. The van der Waals surface area contributed by atoms with Crippen molar-refractivity contribution in [2.24, 2.45) is 5.73 Å². The van der Waals surface area contributed by atoms with Crippen LogP contribution in [0.1, 0.15) is 18.5 Å². The molecule has 3 rings (SSSR count). The Balaban J connectivity index is 1.81. The quantitative estimate of drug-likeness (QED) is 0.832. The van der Waals surface area contributed by atoms with Gasteiger partial charge in [0.1, 0.15) is 18.2 Å². The van der Waals surface area contributed by atoms with Crippen molar-refractivity contribution in [3.05, 3.63) is 29.6 Å². The first-order valence-electron chi connectivity index (χ1n) is 6.68. The molecule has 2 heterocycles. The van der Waals surface area contributed by atoms with Gasteiger partial charge in [0.25, 0.3) is 0 Å². The summed E-state index contributed by atoms with van der Waals surface area (Å²) in [5.74, 6) is 0.287. The van der Waals surface area contributed by atoms with Gasteiger partial charge >= 0.3 is 0 Å². The van der Waals surface area contributed by atoms with Gasteiger partial charge in [-0.1, -0.05) is 6.07 Å². The third-order valence-corrected chi connectivity index (χ3v) is 3.90. The fourth-order valence-electron chi connectivity index (χ4n) is 2.87. The topological polar surface area (TPSA) is 47.7 Å². The maximum Gasteiger partial charge on any atom is 0.127 e. The van der Waals surface area contributed by atoms with Gasteiger partial charge < -0.3 is 15.2 Å². The van der Waals surface area contributed by atoms with Crippen LogP contribution in [-0.2, 0) is 4.74 Å². The summed E-state index contributed by atoms with van der Waals surface area (Å²) in [5, 5.41) is 0. The highest BCUT2D eigenvalue weighted by Crippen LogP contribution is 2.33. The molecule has 0 aliphatic carbocycles. The Hall–Kier alpha value is -1.17. The first kappa shape index (κ1) is 12.8. The zero-order valence-corrected chi connectivity index (χ0v) is 11.0. The average molecular weight is 266 g/mol. The van der Waals surface area contributed by atoms with E-state index in [-0.39, 0.29) is 24.0 Å². The van der Waals surface area contributed by atoms with Crippen LogP contribution in [0.2, 0.25) is 0 Å². The summed E-state index contributed by atoms with van der Waals surface area (Å²) in [5.41, 5.74) is 7.22. The van der Waals surface area contributed by atoms with Gasteiger partial charge in [-0.05, 0) is 13.0 Å². The molecular weight excluding hydrogens is 247 g/mol. The number of fused-ring (bicyclic) bond motifs is 1. The maximum atomic E-state index is 13.2. The summed E-state index contributed by atoms with van der Waals surface area (Å²) in [4.78, 5) is 2.31. The molecule has 5 heteroatoms. The lowest BCUT2D eigenvalue weighted by atomic mass is 9.95. The van der Waals surface area contributed by atoms with Gasteiger partial charge in [-0.15, -0.1) is 0 Å². The lowest BCUT2D eigenvalue weighted by Crippen LogP contribution is -2.54. The zero-order valence-electron chi connectivity index (χ0n) is 11.0. The molecule has 1 aromatic rings. The Bertz CT molecular complexity index is 469. The van der Waals surface area contributed by atoms with E-state index in [1.807, 2.05) is 0 Å². The van der Waals surface area contributed by atoms with Crippen LogP contribution >= 0.6 is 0 Å². The van der Waals surface area contributed by atoms with E-state index >= 15 is 0 Å². The zero-order chi connectivity index (χ0) is 13.4. The van der Waals surface area contributed by atoms with Crippen LogP contribution in [0.5, 0.6) is 5.75 Å². The number of ether oxygens (including phenoxy) is 2. The lowest BCUT2D eigenvalue weighted by Gasteiger charge is -2.42. The SMILES string of the molecule is C[C@@H]1CN([C@H]2COc3cc(F)ccc3[C@@H]2N)CCO1. The molecule has 0 unspecified atom stereocenters. The summed E-state index contributed by atoms with van der Waals surface area (Å²) in [6.45, 7) is 5.01. The largest absolute Gasteiger partial charge is 0.491 e. The van der Waals surface area contributed by atoms with Crippen molar-refractivity contribution in [3.8, 4) is 5.75 Å². The van der Waals surface area contributed by atoms with Crippen LogP contribution in [-0.4, -0.2) is 43.3 Å². The molecule has 2 aliphatic rings. The van der Waals surface area contributed by atoms with Gasteiger partial charge in [-0.2, -0.15) is 0 Å². The van der Waals surface area contributed by atoms with Gasteiger partial charge in [0.2, 0.25) is 0 Å². The summed E-state index contributed by atoms with van der Waals surface area (Å²) < 4.78 is 24.4. The highest BCUT2D eigenvalue weighted by atomic mass is 19.1. The number of halogens is 1. The number of nitrogens with zero attached hydrogens (tertiary/aromatic N) is 1. The van der Waals surface area contributed by atoms with Crippen molar-refractivity contribution in [3.63, 3.8) is 0 Å². The first-order chi connectivity index (χ1) is 9.15. The van der Waals surface area contributed by atoms with Gasteiger partial charge in [0.15, 0.2) is 0 Å². The van der Waals surface area contributed by atoms with E-state index in [1.165, 1.54) is 12.1 Å². The Morgan fingerprint density at radius 1 is 1.42 bits per heavy atom. The van der Waals surface area contributed by atoms with Crippen LogP contribution in [0.3, 0.4) is 0 Å². The molecule has 0 aromatic heterocycles. The molecule has 4 nitrogen and oxygen atoms in total. The third kappa shape index (κ3) is 2.45. The molecule has 1 fully saturated rings. The Morgan fingerprint density at radius 2 is 2.26 bits per heavy atom. The van der Waals surface area contributed by atoms with Crippen molar-refractivity contribution < 1.29 is 13.9 Å². The minimum absolute atomic E-state index is 0.129. The van der Waals surface area contributed by atoms with E-state index in [2.05, 4.69) is 11.8 Å². The summed E-state index contributed by atoms with van der Waals surface area (Å²) in [7, 11) is 0. The maximum absolute atomic E-state index is 13.2. The minimum atomic E-state index is -0.288. The molecule has 1 aromatic carbocycles. The van der Waals surface area contributed by atoms with E-state index in [0.717, 1.165) is 25.3 Å². The second-order valence-corrected chi connectivity index (χ2v) is 5.26. The molecule has 104 valence electrons. The number of rotatable bonds is 1. The van der Waals surface area contributed by atoms with Gasteiger partial charge in [0.05, 0.1) is 24.8 Å². The first-order valence-corrected chi connectivity index (χ1v) is 6.68. The molecule has 0 radical (unpaired) electrons. The number of hydrogen-bond donors (Lipinski definition) is 1. The van der Waals surface area contributed by atoms with E-state index in [4.69, 9.17) is 15.2 Å². The number of nitrogens with two attached hydrogens (primary N) is 1. The molecule has 2 aliphatic heterocycles. The van der Waals surface area contributed by atoms with Gasteiger partial charge in [-0.3, -0.25) is 4.90 Å². The van der Waals surface area contributed by atoms with Crippen LogP contribution in [0.4, 0.5) is 4.39 Å². The Morgan fingerprint density at radius 3 is 3.05 bits per heavy atom. The normalized spacial score (nSPS) is 31.6. The number of morpholine rings is 1. The molecule has 3 atom stereocenters. The Labute approximate surface area is 112 Å². The van der Waals surface area contributed by atoms with Crippen LogP contribution in [0.15, 0.2) is 18.2 Å². The number of hydrogen-bond acceptors (Lipinski definition) is 4. The van der Waals surface area contributed by atoms with Crippen molar-refractivity contribution in [1.29, 1.82) is 0 Å². The average Bonchev–Trinajstić information content (AvgIpc) is 2.39. The second-order valence-electron chi connectivity index (χ2n) is 5.26. The highest BCUT2D eigenvalue weighted by Gasteiger charge is 2.34. The van der Waals surface area contributed by atoms with E-state index in [1.54, 1.807) is 6.07 Å². The number of benzene rings is 1. The smallest absolute Gasteiger partial charge is 0.127 e. The molecule has 0 saturated carbocycles. The lowest BCUT2D eigenvalue weighted by molar-refractivity contribution is -0.0478. The summed E-state index contributed by atoms with van der Waals surface area (Å²) in [6.07, 6.45) is 0.218. The summed E-state index contributed by atoms with van der Waals surface area (Å²) >= 11 is 0. The standard InChI is InChI=1S/C14H19FN2O2/c1-9-7-17(4-5-18-9)12-8-19-13-6-10(15)2-3-11(13)14(12)16/h2-3,6,9,12,14H,4-5,7-8,16H2,1H3/t9-,12+,14+/m1/s1. The van der Waals surface area contributed by atoms with Gasteiger partial charge in [0, 0.05) is 24.7 Å². The fraction of sp³-hybridized carbons (Fsp3) is 0.571. The monoisotopic (exact) mass is 266 g/mol. The predicted molar refractivity (Wildman–Crippen MR) is 69.6 cm³/mol. The van der Waals surface area contributed by atoms with Crippen molar-refractivity contribution in [1.82, 2.24) is 4.90 Å². The van der Waals surface area contributed by atoms with E-state index < -0.39 is 0 Å². The molecular formula is C14H19FN2O2. The van der Waals surface area contributed by atoms with Crippen molar-refractivity contribution in [2.45, 2.75) is 25.1 Å². The molecule has 2 N–H and O–H groups in total. The fourth-order valence-corrected chi connectivity index (χ4v) is 2.87. The van der Waals surface area contributed by atoms with E-state index in [0.29, 0.717) is 12.4 Å². The van der Waals surface area contributed by atoms with Crippen LogP contribution in [0, 0.1) is 5.82 Å². The molecule has 1 saturated heterocycles. The molecule has 19 heavy (non-hydrogen) atoms. The van der Waals surface area contributed by atoms with E-state index in [9.17, 15) is 4.39 Å². The van der Waals surface area contributed by atoms with Crippen molar-refractivity contribution >= 4 is 0 Å². The van der Waals surface area contributed by atoms with Crippen molar-refractivity contribution in [2.75, 3.05) is 26.3 Å². The van der Waals surface area contributed by atoms with Crippen LogP contribution < -0.4 is 10.5 Å². The molecule has 0 bridgehead atoms. The van der Waals surface area contributed by atoms with Crippen LogP contribution in [0.25, 0.3) is 0 Å². The highest BCUT2D eigenvalue weighted by molar-refractivity contribution is 5.39.